The minimum absolute atomic E-state index is 0.713. The van der Waals surface area contributed by atoms with Gasteiger partial charge in [0.05, 0.1) is 0 Å². The summed E-state index contributed by atoms with van der Waals surface area (Å²) >= 11 is 0. The number of nitrogens with one attached hydrogen (secondary N) is 1. The molecule has 0 aliphatic carbocycles. The number of hydrogen-bond donors (Lipinski definition) is 1. The van der Waals surface area contributed by atoms with E-state index >= 15 is 0 Å². The molecule has 1 rings (SSSR count). The molecule has 1 aliphatic rings. The van der Waals surface area contributed by atoms with Crippen molar-refractivity contribution in [3.05, 3.63) is 0 Å². The van der Waals surface area contributed by atoms with Gasteiger partial charge in [0.1, 0.15) is 0 Å². The third kappa shape index (κ3) is 5.53. The summed E-state index contributed by atoms with van der Waals surface area (Å²) in [7, 11) is 0. The summed E-state index contributed by atoms with van der Waals surface area (Å²) in [6.45, 7) is 7.61. The fourth-order valence-electron chi connectivity index (χ4n) is 2.26. The molecule has 0 aromatic heterocycles. The largest absolute Gasteiger partial charge is 0.381 e. The molecule has 1 heterocycles. The van der Waals surface area contributed by atoms with Crippen molar-refractivity contribution >= 4 is 0 Å². The van der Waals surface area contributed by atoms with E-state index in [1.165, 1.54) is 45.1 Å². The Morgan fingerprint density at radius 3 is 2.87 bits per heavy atom. The molecular formula is C13H27NO. The summed E-state index contributed by atoms with van der Waals surface area (Å²) in [5, 5.41) is 3.59. The van der Waals surface area contributed by atoms with Crippen molar-refractivity contribution in [3.8, 4) is 0 Å². The second kappa shape index (κ2) is 8.12. The lowest BCUT2D eigenvalue weighted by molar-refractivity contribution is 0.114. The molecule has 2 heteroatoms. The average molecular weight is 213 g/mol. The molecule has 0 saturated carbocycles. The molecule has 2 nitrogen and oxygen atoms in total. The van der Waals surface area contributed by atoms with E-state index < -0.39 is 0 Å². The maximum absolute atomic E-state index is 5.61. The first-order valence-corrected chi connectivity index (χ1v) is 6.68. The van der Waals surface area contributed by atoms with E-state index in [0.29, 0.717) is 6.04 Å². The van der Waals surface area contributed by atoms with Crippen LogP contribution >= 0.6 is 0 Å². The summed E-state index contributed by atoms with van der Waals surface area (Å²) in [6, 6.07) is 0.713. The average Bonchev–Trinajstić information content (AvgIpc) is 2.29. The highest BCUT2D eigenvalue weighted by molar-refractivity contribution is 4.77. The Labute approximate surface area is 94.8 Å². The molecule has 0 spiro atoms. The number of ether oxygens (including phenoxy) is 1. The Morgan fingerprint density at radius 1 is 1.27 bits per heavy atom. The minimum atomic E-state index is 0.713. The standard InChI is InChI=1S/C13H27NO/c1-3-5-9-15-10-7-13-11-12(4-2)6-8-14-13/h12-14H,3-11H2,1-2H3. The van der Waals surface area contributed by atoms with Gasteiger partial charge in [-0.15, -0.1) is 0 Å². The van der Waals surface area contributed by atoms with Crippen molar-refractivity contribution in [3.63, 3.8) is 0 Å². The van der Waals surface area contributed by atoms with Crippen LogP contribution in [-0.2, 0) is 4.74 Å². The quantitative estimate of drug-likeness (QED) is 0.656. The van der Waals surface area contributed by atoms with Gasteiger partial charge in [0.25, 0.3) is 0 Å². The third-order valence-corrected chi connectivity index (χ3v) is 3.43. The van der Waals surface area contributed by atoms with Gasteiger partial charge < -0.3 is 10.1 Å². The lowest BCUT2D eigenvalue weighted by atomic mass is 9.89. The van der Waals surface area contributed by atoms with Crippen molar-refractivity contribution in [2.75, 3.05) is 19.8 Å². The van der Waals surface area contributed by atoms with Crippen LogP contribution in [0.25, 0.3) is 0 Å². The van der Waals surface area contributed by atoms with Crippen LogP contribution in [0, 0.1) is 5.92 Å². The summed E-state index contributed by atoms with van der Waals surface area (Å²) in [5.74, 6) is 0.951. The summed E-state index contributed by atoms with van der Waals surface area (Å²) < 4.78 is 5.61. The van der Waals surface area contributed by atoms with Gasteiger partial charge in [-0.25, -0.2) is 0 Å². The first kappa shape index (κ1) is 13.0. The van der Waals surface area contributed by atoms with Gasteiger partial charge in [-0.2, -0.15) is 0 Å². The van der Waals surface area contributed by atoms with Crippen LogP contribution in [-0.4, -0.2) is 25.8 Å². The van der Waals surface area contributed by atoms with E-state index in [1.54, 1.807) is 0 Å². The number of rotatable bonds is 7. The minimum Gasteiger partial charge on any atom is -0.381 e. The first-order chi connectivity index (χ1) is 7.36. The van der Waals surface area contributed by atoms with E-state index in [0.717, 1.165) is 19.1 Å². The molecule has 0 radical (unpaired) electrons. The molecule has 2 atom stereocenters. The zero-order valence-electron chi connectivity index (χ0n) is 10.4. The van der Waals surface area contributed by atoms with E-state index in [-0.39, 0.29) is 0 Å². The molecule has 0 aromatic carbocycles. The van der Waals surface area contributed by atoms with E-state index in [9.17, 15) is 0 Å². The molecular weight excluding hydrogens is 186 g/mol. The van der Waals surface area contributed by atoms with Crippen molar-refractivity contribution in [2.45, 2.75) is 58.4 Å². The Hall–Kier alpha value is -0.0800. The van der Waals surface area contributed by atoms with Crippen LogP contribution in [0.15, 0.2) is 0 Å². The summed E-state index contributed by atoms with van der Waals surface area (Å²) in [4.78, 5) is 0. The molecule has 15 heavy (non-hydrogen) atoms. The van der Waals surface area contributed by atoms with E-state index in [1.807, 2.05) is 0 Å². The Kier molecular flexibility index (Phi) is 7.03. The molecule has 0 bridgehead atoms. The highest BCUT2D eigenvalue weighted by Crippen LogP contribution is 2.20. The maximum Gasteiger partial charge on any atom is 0.0480 e. The lowest BCUT2D eigenvalue weighted by Crippen LogP contribution is -2.38. The van der Waals surface area contributed by atoms with Gasteiger partial charge in [-0.1, -0.05) is 26.7 Å². The third-order valence-electron chi connectivity index (χ3n) is 3.43. The van der Waals surface area contributed by atoms with Crippen LogP contribution in [0.3, 0.4) is 0 Å². The molecule has 90 valence electrons. The Bertz CT molecular complexity index is 149. The number of unbranched alkanes of at least 4 members (excludes halogenated alkanes) is 1. The predicted molar refractivity (Wildman–Crippen MR) is 65.1 cm³/mol. The highest BCUT2D eigenvalue weighted by Gasteiger charge is 2.19. The fraction of sp³-hybridized carbons (Fsp3) is 1.00. The van der Waals surface area contributed by atoms with Crippen molar-refractivity contribution in [2.24, 2.45) is 5.92 Å². The van der Waals surface area contributed by atoms with Gasteiger partial charge in [-0.3, -0.25) is 0 Å². The smallest absolute Gasteiger partial charge is 0.0480 e. The van der Waals surface area contributed by atoms with Crippen LogP contribution in [0.4, 0.5) is 0 Å². The van der Waals surface area contributed by atoms with Crippen LogP contribution in [0.1, 0.15) is 52.4 Å². The predicted octanol–water partition coefficient (Wildman–Crippen LogP) is 2.97. The molecule has 1 fully saturated rings. The van der Waals surface area contributed by atoms with Crippen molar-refractivity contribution in [1.82, 2.24) is 5.32 Å². The molecule has 0 amide bonds. The maximum atomic E-state index is 5.61. The SMILES string of the molecule is CCCCOCCC1CC(CC)CCN1. The molecule has 1 aliphatic heterocycles. The zero-order valence-corrected chi connectivity index (χ0v) is 10.4. The zero-order chi connectivity index (χ0) is 10.9. The number of hydrogen-bond acceptors (Lipinski definition) is 2. The molecule has 2 unspecified atom stereocenters. The molecule has 0 aromatic rings. The second-order valence-electron chi connectivity index (χ2n) is 4.70. The van der Waals surface area contributed by atoms with Gasteiger partial charge >= 0.3 is 0 Å². The van der Waals surface area contributed by atoms with Crippen LogP contribution in [0.5, 0.6) is 0 Å². The van der Waals surface area contributed by atoms with Gasteiger partial charge in [0.2, 0.25) is 0 Å². The summed E-state index contributed by atoms with van der Waals surface area (Å²) in [5.41, 5.74) is 0. The first-order valence-electron chi connectivity index (χ1n) is 6.68. The van der Waals surface area contributed by atoms with E-state index in [4.69, 9.17) is 4.74 Å². The van der Waals surface area contributed by atoms with E-state index in [2.05, 4.69) is 19.2 Å². The topological polar surface area (TPSA) is 21.3 Å². The monoisotopic (exact) mass is 213 g/mol. The second-order valence-corrected chi connectivity index (χ2v) is 4.70. The van der Waals surface area contributed by atoms with Crippen LogP contribution < -0.4 is 5.32 Å². The van der Waals surface area contributed by atoms with Crippen LogP contribution in [0.2, 0.25) is 0 Å². The lowest BCUT2D eigenvalue weighted by Gasteiger charge is -2.29. The van der Waals surface area contributed by atoms with Crippen molar-refractivity contribution in [1.29, 1.82) is 0 Å². The fourth-order valence-corrected chi connectivity index (χ4v) is 2.26. The summed E-state index contributed by atoms with van der Waals surface area (Å²) in [6.07, 6.45) is 7.70. The normalized spacial score (nSPS) is 26.8. The van der Waals surface area contributed by atoms with Gasteiger partial charge in [-0.05, 0) is 38.1 Å². The van der Waals surface area contributed by atoms with Gasteiger partial charge in [0.15, 0.2) is 0 Å². The van der Waals surface area contributed by atoms with Crippen molar-refractivity contribution < 1.29 is 4.74 Å². The molecule has 1 saturated heterocycles. The number of piperidine rings is 1. The Morgan fingerprint density at radius 2 is 2.13 bits per heavy atom. The van der Waals surface area contributed by atoms with Gasteiger partial charge in [0, 0.05) is 19.3 Å². The molecule has 1 N–H and O–H groups in total. The Balaban J connectivity index is 2.00. The highest BCUT2D eigenvalue weighted by atomic mass is 16.5.